The predicted molar refractivity (Wildman–Crippen MR) is 85.2 cm³/mol. The molecule has 21 heavy (non-hydrogen) atoms. The first kappa shape index (κ1) is 15.0. The summed E-state index contributed by atoms with van der Waals surface area (Å²) in [6, 6.07) is 1.47. The second kappa shape index (κ2) is 6.46. The molecule has 1 aromatic rings. The second-order valence-electron chi connectivity index (χ2n) is 6.75. The van der Waals surface area contributed by atoms with Crippen LogP contribution in [0.15, 0.2) is 12.5 Å². The molecule has 2 fully saturated rings. The molecule has 0 radical (unpaired) electrons. The van der Waals surface area contributed by atoms with Gasteiger partial charge in [-0.05, 0) is 46.2 Å². The van der Waals surface area contributed by atoms with E-state index in [9.17, 15) is 0 Å². The number of fused-ring (bicyclic) bond motifs is 1. The maximum absolute atomic E-state index is 6.16. The van der Waals surface area contributed by atoms with E-state index in [0.29, 0.717) is 18.6 Å². The molecule has 3 heterocycles. The van der Waals surface area contributed by atoms with Gasteiger partial charge in [0.15, 0.2) is 0 Å². The van der Waals surface area contributed by atoms with Crippen molar-refractivity contribution in [1.82, 2.24) is 19.4 Å². The Hall–Kier alpha value is -0.910. The average molecular weight is 291 g/mol. The summed E-state index contributed by atoms with van der Waals surface area (Å²) in [5.41, 5.74) is 7.43. The summed E-state index contributed by atoms with van der Waals surface area (Å²) < 4.78 is 2.27. The van der Waals surface area contributed by atoms with Gasteiger partial charge in [-0.15, -0.1) is 0 Å². The van der Waals surface area contributed by atoms with Crippen molar-refractivity contribution in [2.24, 2.45) is 5.73 Å². The zero-order valence-corrected chi connectivity index (χ0v) is 13.4. The highest BCUT2D eigenvalue weighted by Crippen LogP contribution is 2.28. The van der Waals surface area contributed by atoms with E-state index in [4.69, 9.17) is 5.73 Å². The van der Waals surface area contributed by atoms with Crippen LogP contribution in [0.3, 0.4) is 0 Å². The summed E-state index contributed by atoms with van der Waals surface area (Å²) in [5.74, 6) is 0. The molecule has 2 aliphatic rings. The minimum absolute atomic E-state index is 0.301. The molecule has 0 saturated carbocycles. The van der Waals surface area contributed by atoms with E-state index in [1.807, 2.05) is 12.5 Å². The Bertz CT molecular complexity index is 455. The fourth-order valence-corrected chi connectivity index (χ4v) is 3.98. The normalized spacial score (nSPS) is 26.0. The van der Waals surface area contributed by atoms with E-state index < -0.39 is 0 Å². The maximum Gasteiger partial charge on any atom is 0.0951 e. The number of aromatic nitrogens is 2. The van der Waals surface area contributed by atoms with Gasteiger partial charge in [0.1, 0.15) is 0 Å². The third-order valence-corrected chi connectivity index (χ3v) is 5.09. The van der Waals surface area contributed by atoms with Crippen molar-refractivity contribution in [3.05, 3.63) is 18.2 Å². The van der Waals surface area contributed by atoms with Gasteiger partial charge in [-0.2, -0.15) is 0 Å². The molecular weight excluding hydrogens is 262 g/mol. The number of nitrogens with zero attached hydrogens (tertiary/aromatic N) is 4. The highest BCUT2D eigenvalue weighted by molar-refractivity contribution is 5.08. The molecule has 0 aliphatic carbocycles. The molecule has 2 unspecified atom stereocenters. The van der Waals surface area contributed by atoms with E-state index in [1.54, 1.807) is 0 Å². The Kier molecular flexibility index (Phi) is 4.62. The summed E-state index contributed by atoms with van der Waals surface area (Å²) in [7, 11) is 0. The largest absolute Gasteiger partial charge is 0.331 e. The van der Waals surface area contributed by atoms with Gasteiger partial charge in [-0.3, -0.25) is 9.80 Å². The Labute approximate surface area is 128 Å². The van der Waals surface area contributed by atoms with Crippen molar-refractivity contribution in [2.75, 3.05) is 32.7 Å². The molecule has 2 aliphatic heterocycles. The summed E-state index contributed by atoms with van der Waals surface area (Å²) >= 11 is 0. The van der Waals surface area contributed by atoms with E-state index in [-0.39, 0.29) is 0 Å². The molecule has 5 nitrogen and oxygen atoms in total. The zero-order chi connectivity index (χ0) is 14.8. The molecule has 118 valence electrons. The lowest BCUT2D eigenvalue weighted by Crippen LogP contribution is -2.41. The van der Waals surface area contributed by atoms with Gasteiger partial charge in [-0.1, -0.05) is 0 Å². The van der Waals surface area contributed by atoms with Crippen LogP contribution in [-0.2, 0) is 0 Å². The van der Waals surface area contributed by atoms with Crippen molar-refractivity contribution >= 4 is 0 Å². The Morgan fingerprint density at radius 1 is 1.29 bits per heavy atom. The van der Waals surface area contributed by atoms with Gasteiger partial charge in [0.25, 0.3) is 0 Å². The molecule has 2 atom stereocenters. The van der Waals surface area contributed by atoms with Gasteiger partial charge in [0.05, 0.1) is 18.1 Å². The van der Waals surface area contributed by atoms with E-state index in [1.165, 1.54) is 38.0 Å². The molecule has 0 amide bonds. The monoisotopic (exact) mass is 291 g/mol. The van der Waals surface area contributed by atoms with Crippen LogP contribution in [0.25, 0.3) is 0 Å². The second-order valence-corrected chi connectivity index (χ2v) is 6.75. The van der Waals surface area contributed by atoms with Crippen LogP contribution >= 0.6 is 0 Å². The summed E-state index contributed by atoms with van der Waals surface area (Å²) in [6.45, 7) is 9.94. The van der Waals surface area contributed by atoms with Crippen LogP contribution in [0.5, 0.6) is 0 Å². The lowest BCUT2D eigenvalue weighted by Gasteiger charge is -2.33. The highest BCUT2D eigenvalue weighted by Gasteiger charge is 2.32. The van der Waals surface area contributed by atoms with E-state index >= 15 is 0 Å². The molecule has 3 rings (SSSR count). The third kappa shape index (κ3) is 3.00. The Balaban J connectivity index is 1.80. The lowest BCUT2D eigenvalue weighted by molar-refractivity contribution is 0.170. The molecule has 2 N–H and O–H groups in total. The molecule has 1 aromatic heterocycles. The van der Waals surface area contributed by atoms with Gasteiger partial charge in [0, 0.05) is 37.9 Å². The molecular formula is C16H29N5. The number of nitrogens with two attached hydrogens (primary N) is 1. The quantitative estimate of drug-likeness (QED) is 0.916. The summed E-state index contributed by atoms with van der Waals surface area (Å²) in [5, 5.41) is 0. The van der Waals surface area contributed by atoms with Gasteiger partial charge in [-0.25, -0.2) is 4.98 Å². The maximum atomic E-state index is 6.16. The van der Waals surface area contributed by atoms with Crippen molar-refractivity contribution in [3.63, 3.8) is 0 Å². The topological polar surface area (TPSA) is 50.3 Å². The number of imidazole rings is 1. The van der Waals surface area contributed by atoms with Crippen LogP contribution in [0.1, 0.15) is 50.9 Å². The van der Waals surface area contributed by atoms with E-state index in [2.05, 4.69) is 33.2 Å². The Morgan fingerprint density at radius 2 is 2.10 bits per heavy atom. The lowest BCUT2D eigenvalue weighted by atomic mass is 10.1. The van der Waals surface area contributed by atoms with Crippen LogP contribution < -0.4 is 5.73 Å². The van der Waals surface area contributed by atoms with E-state index in [0.717, 1.165) is 19.1 Å². The van der Waals surface area contributed by atoms with Crippen molar-refractivity contribution in [3.8, 4) is 0 Å². The standard InChI is InChI=1S/C16H29N5/c1-13(2)21-12-18-10-16(21)15(9-17)20-8-4-7-19-6-3-5-14(19)11-20/h10,12-15H,3-9,11,17H2,1-2H3. The minimum Gasteiger partial charge on any atom is -0.331 e. The molecule has 2 saturated heterocycles. The van der Waals surface area contributed by atoms with Crippen LogP contribution in [0.2, 0.25) is 0 Å². The predicted octanol–water partition coefficient (Wildman–Crippen LogP) is 1.63. The third-order valence-electron chi connectivity index (χ3n) is 5.09. The average Bonchev–Trinajstić information content (AvgIpc) is 3.06. The highest BCUT2D eigenvalue weighted by atomic mass is 15.3. The number of hydrogen-bond acceptors (Lipinski definition) is 4. The molecule has 0 spiro atoms. The fourth-order valence-electron chi connectivity index (χ4n) is 3.98. The van der Waals surface area contributed by atoms with Crippen molar-refractivity contribution in [2.45, 2.75) is 51.2 Å². The smallest absolute Gasteiger partial charge is 0.0951 e. The minimum atomic E-state index is 0.301. The zero-order valence-electron chi connectivity index (χ0n) is 13.4. The van der Waals surface area contributed by atoms with Gasteiger partial charge < -0.3 is 10.3 Å². The first-order chi connectivity index (χ1) is 10.2. The van der Waals surface area contributed by atoms with Crippen molar-refractivity contribution < 1.29 is 0 Å². The SMILES string of the molecule is CC(C)n1cncc1C(CN)N1CCCN2CCCC2C1. The molecule has 0 aromatic carbocycles. The summed E-state index contributed by atoms with van der Waals surface area (Å²) in [4.78, 5) is 9.64. The first-order valence-corrected chi connectivity index (χ1v) is 8.40. The number of rotatable bonds is 4. The number of hydrogen-bond donors (Lipinski definition) is 1. The summed E-state index contributed by atoms with van der Waals surface area (Å²) in [6.07, 6.45) is 7.91. The van der Waals surface area contributed by atoms with Gasteiger partial charge in [0.2, 0.25) is 0 Å². The molecule has 0 bridgehead atoms. The van der Waals surface area contributed by atoms with Crippen molar-refractivity contribution in [1.29, 1.82) is 0 Å². The molecule has 5 heteroatoms. The van der Waals surface area contributed by atoms with Crippen LogP contribution in [-0.4, -0.2) is 58.1 Å². The van der Waals surface area contributed by atoms with Crippen LogP contribution in [0, 0.1) is 0 Å². The fraction of sp³-hybridized carbons (Fsp3) is 0.812. The van der Waals surface area contributed by atoms with Crippen LogP contribution in [0.4, 0.5) is 0 Å². The first-order valence-electron chi connectivity index (χ1n) is 8.40. The van der Waals surface area contributed by atoms with Gasteiger partial charge >= 0.3 is 0 Å². The Morgan fingerprint density at radius 3 is 2.86 bits per heavy atom.